The highest BCUT2D eigenvalue weighted by molar-refractivity contribution is 9.10. The van der Waals surface area contributed by atoms with Gasteiger partial charge < -0.3 is 9.84 Å². The largest absolute Gasteiger partial charge is 0.495 e. The molecule has 0 atom stereocenters. The van der Waals surface area contributed by atoms with Gasteiger partial charge in [-0.15, -0.1) is 0 Å². The van der Waals surface area contributed by atoms with Crippen LogP contribution in [-0.2, 0) is 9.84 Å². The number of hydrogen-bond acceptors (Lipinski definition) is 4. The van der Waals surface area contributed by atoms with E-state index in [0.717, 1.165) is 12.3 Å². The fraction of sp³-hybridized carbons (Fsp3) is 0.222. The first-order valence-electron chi connectivity index (χ1n) is 4.08. The molecule has 16 heavy (non-hydrogen) atoms. The van der Waals surface area contributed by atoms with Crippen molar-refractivity contribution in [2.75, 3.05) is 13.4 Å². The number of benzene rings is 1. The van der Waals surface area contributed by atoms with Gasteiger partial charge in [0.05, 0.1) is 16.5 Å². The topological polar surface area (TPSA) is 80.7 Å². The van der Waals surface area contributed by atoms with E-state index in [1.54, 1.807) is 0 Å². The van der Waals surface area contributed by atoms with Crippen molar-refractivity contribution < 1.29 is 23.1 Å². The number of hydrogen-bond donors (Lipinski definition) is 1. The molecule has 1 rings (SSSR count). The third-order valence-corrected chi connectivity index (χ3v) is 3.56. The van der Waals surface area contributed by atoms with Gasteiger partial charge >= 0.3 is 5.97 Å². The lowest BCUT2D eigenvalue weighted by Gasteiger charge is -2.09. The molecule has 88 valence electrons. The minimum absolute atomic E-state index is 0.0717. The van der Waals surface area contributed by atoms with Gasteiger partial charge in [-0.25, -0.2) is 13.2 Å². The Labute approximate surface area is 101 Å². The SMILES string of the molecule is COc1c(Br)cc(S(C)(=O)=O)cc1C(=O)O. The van der Waals surface area contributed by atoms with Crippen LogP contribution in [0.15, 0.2) is 21.5 Å². The Kier molecular flexibility index (Phi) is 3.59. The predicted octanol–water partition coefficient (Wildman–Crippen LogP) is 1.56. The summed E-state index contributed by atoms with van der Waals surface area (Å²) in [7, 11) is -2.14. The van der Waals surface area contributed by atoms with Crippen LogP contribution in [0.5, 0.6) is 5.75 Å². The van der Waals surface area contributed by atoms with Crippen molar-refractivity contribution in [1.29, 1.82) is 0 Å². The second kappa shape index (κ2) is 4.42. The number of methoxy groups -OCH3 is 1. The zero-order valence-corrected chi connectivity index (χ0v) is 10.9. The van der Waals surface area contributed by atoms with E-state index in [-0.39, 0.29) is 20.7 Å². The molecular weight excluding hydrogens is 300 g/mol. The zero-order valence-electron chi connectivity index (χ0n) is 8.52. The number of halogens is 1. The quantitative estimate of drug-likeness (QED) is 0.916. The maximum absolute atomic E-state index is 11.3. The van der Waals surface area contributed by atoms with Gasteiger partial charge in [-0.1, -0.05) is 0 Å². The summed E-state index contributed by atoms with van der Waals surface area (Å²) in [6.07, 6.45) is 1.01. The lowest BCUT2D eigenvalue weighted by atomic mass is 10.2. The van der Waals surface area contributed by atoms with Gasteiger partial charge in [-0.3, -0.25) is 0 Å². The van der Waals surface area contributed by atoms with Gasteiger partial charge in [-0.2, -0.15) is 0 Å². The molecule has 0 aromatic heterocycles. The summed E-state index contributed by atoms with van der Waals surface area (Å²) in [5, 5.41) is 8.92. The van der Waals surface area contributed by atoms with Crippen LogP contribution in [0.1, 0.15) is 10.4 Å². The monoisotopic (exact) mass is 308 g/mol. The molecule has 7 heteroatoms. The maximum Gasteiger partial charge on any atom is 0.339 e. The van der Waals surface area contributed by atoms with E-state index in [4.69, 9.17) is 9.84 Å². The first kappa shape index (κ1) is 13.0. The molecule has 0 radical (unpaired) electrons. The molecule has 0 amide bonds. The summed E-state index contributed by atoms with van der Waals surface area (Å²) in [5.41, 5.74) is -0.197. The number of carbonyl (C=O) groups is 1. The second-order valence-corrected chi connectivity index (χ2v) is 5.93. The van der Waals surface area contributed by atoms with Gasteiger partial charge in [0.1, 0.15) is 11.3 Å². The first-order chi connectivity index (χ1) is 7.27. The fourth-order valence-corrected chi connectivity index (χ4v) is 2.59. The number of rotatable bonds is 3. The Morgan fingerprint density at radius 2 is 2.00 bits per heavy atom. The lowest BCUT2D eigenvalue weighted by molar-refractivity contribution is 0.0693. The molecule has 1 N–H and O–H groups in total. The van der Waals surface area contributed by atoms with E-state index >= 15 is 0 Å². The van der Waals surface area contributed by atoms with Crippen molar-refractivity contribution >= 4 is 31.7 Å². The van der Waals surface area contributed by atoms with Crippen LogP contribution >= 0.6 is 15.9 Å². The minimum atomic E-state index is -3.46. The average Bonchev–Trinajstić information content (AvgIpc) is 2.14. The Bertz CT molecular complexity index is 535. The van der Waals surface area contributed by atoms with E-state index in [1.807, 2.05) is 0 Å². The van der Waals surface area contributed by atoms with Crippen molar-refractivity contribution in [2.24, 2.45) is 0 Å². The molecule has 0 spiro atoms. The molecular formula is C9H9BrO5S. The molecule has 5 nitrogen and oxygen atoms in total. The highest BCUT2D eigenvalue weighted by Crippen LogP contribution is 2.32. The van der Waals surface area contributed by atoms with Crippen molar-refractivity contribution in [2.45, 2.75) is 4.90 Å². The van der Waals surface area contributed by atoms with Crippen LogP contribution in [0.3, 0.4) is 0 Å². The van der Waals surface area contributed by atoms with Gasteiger partial charge in [0, 0.05) is 6.26 Å². The fourth-order valence-electron chi connectivity index (χ4n) is 1.15. The van der Waals surface area contributed by atoms with Crippen LogP contribution in [0, 0.1) is 0 Å². The molecule has 0 aliphatic carbocycles. The number of sulfone groups is 1. The molecule has 0 bridgehead atoms. The molecule has 0 fully saturated rings. The summed E-state index contributed by atoms with van der Waals surface area (Å²) in [4.78, 5) is 10.8. The minimum Gasteiger partial charge on any atom is -0.495 e. The summed E-state index contributed by atoms with van der Waals surface area (Å²) < 4.78 is 27.8. The standard InChI is InChI=1S/C9H9BrO5S/c1-15-8-6(9(11)12)3-5(4-7(8)10)16(2,13)14/h3-4H,1-2H3,(H,11,12). The Morgan fingerprint density at radius 3 is 2.38 bits per heavy atom. The third kappa shape index (κ3) is 2.53. The number of carboxylic acids is 1. The van der Waals surface area contributed by atoms with Crippen LogP contribution in [-0.4, -0.2) is 32.9 Å². The van der Waals surface area contributed by atoms with E-state index in [0.29, 0.717) is 0 Å². The van der Waals surface area contributed by atoms with Gasteiger partial charge in [-0.05, 0) is 28.1 Å². The summed E-state index contributed by atoms with van der Waals surface area (Å²) in [5.74, 6) is -1.15. The first-order valence-corrected chi connectivity index (χ1v) is 6.76. The van der Waals surface area contributed by atoms with Crippen molar-refractivity contribution in [3.63, 3.8) is 0 Å². The molecule has 1 aromatic carbocycles. The summed E-state index contributed by atoms with van der Waals surface area (Å²) in [6, 6.07) is 2.38. The lowest BCUT2D eigenvalue weighted by Crippen LogP contribution is -2.05. The Balaban J connectivity index is 3.59. The Morgan fingerprint density at radius 1 is 1.44 bits per heavy atom. The second-order valence-electron chi connectivity index (χ2n) is 3.06. The smallest absolute Gasteiger partial charge is 0.339 e. The number of aromatic carboxylic acids is 1. The molecule has 0 aliphatic rings. The van der Waals surface area contributed by atoms with E-state index < -0.39 is 15.8 Å². The van der Waals surface area contributed by atoms with Gasteiger partial charge in [0.2, 0.25) is 0 Å². The molecule has 0 aliphatic heterocycles. The van der Waals surface area contributed by atoms with Crippen LogP contribution in [0.2, 0.25) is 0 Å². The van der Waals surface area contributed by atoms with Gasteiger partial charge in [0.25, 0.3) is 0 Å². The normalized spacial score (nSPS) is 11.2. The number of ether oxygens (including phenoxy) is 1. The molecule has 0 heterocycles. The Hall–Kier alpha value is -1.08. The molecule has 0 saturated carbocycles. The molecule has 1 aromatic rings. The van der Waals surface area contributed by atoms with Crippen molar-refractivity contribution in [3.8, 4) is 5.75 Å². The van der Waals surface area contributed by atoms with E-state index in [1.165, 1.54) is 13.2 Å². The van der Waals surface area contributed by atoms with Crippen molar-refractivity contribution in [3.05, 3.63) is 22.2 Å². The predicted molar refractivity (Wildman–Crippen MR) is 60.8 cm³/mol. The van der Waals surface area contributed by atoms with E-state index in [2.05, 4.69) is 15.9 Å². The number of carboxylic acid groups (broad SMARTS) is 1. The van der Waals surface area contributed by atoms with Crippen LogP contribution in [0.25, 0.3) is 0 Å². The van der Waals surface area contributed by atoms with Crippen molar-refractivity contribution in [1.82, 2.24) is 0 Å². The van der Waals surface area contributed by atoms with Crippen LogP contribution in [0.4, 0.5) is 0 Å². The maximum atomic E-state index is 11.3. The summed E-state index contributed by atoms with van der Waals surface area (Å²) in [6.45, 7) is 0. The van der Waals surface area contributed by atoms with E-state index in [9.17, 15) is 13.2 Å². The third-order valence-electron chi connectivity index (χ3n) is 1.88. The molecule has 0 unspecified atom stereocenters. The summed E-state index contributed by atoms with van der Waals surface area (Å²) >= 11 is 3.07. The van der Waals surface area contributed by atoms with Gasteiger partial charge in [0.15, 0.2) is 9.84 Å². The molecule has 0 saturated heterocycles. The average molecular weight is 309 g/mol. The highest BCUT2D eigenvalue weighted by Gasteiger charge is 2.19. The zero-order chi connectivity index (χ0) is 12.5. The van der Waals surface area contributed by atoms with Crippen LogP contribution < -0.4 is 4.74 Å². The highest BCUT2D eigenvalue weighted by atomic mass is 79.9.